The molecule has 150 valence electrons. The van der Waals surface area contributed by atoms with E-state index in [4.69, 9.17) is 16.0 Å². The van der Waals surface area contributed by atoms with Crippen molar-refractivity contribution in [2.24, 2.45) is 5.92 Å². The third kappa shape index (κ3) is 4.91. The van der Waals surface area contributed by atoms with Gasteiger partial charge in [-0.05, 0) is 57.8 Å². The van der Waals surface area contributed by atoms with Crippen LogP contribution < -0.4 is 5.32 Å². The lowest BCUT2D eigenvalue weighted by Crippen LogP contribution is -2.38. The van der Waals surface area contributed by atoms with Gasteiger partial charge in [-0.25, -0.2) is 0 Å². The minimum atomic E-state index is -0.536. The highest BCUT2D eigenvalue weighted by molar-refractivity contribution is 6.33. The maximum absolute atomic E-state index is 12.4. The van der Waals surface area contributed by atoms with E-state index in [1.54, 1.807) is 0 Å². The second-order valence-electron chi connectivity index (χ2n) is 7.29. The highest BCUT2D eigenvalue weighted by Gasteiger charge is 2.22. The number of benzene rings is 1. The first-order valence-electron chi connectivity index (χ1n) is 9.34. The number of piperidine rings is 1. The summed E-state index contributed by atoms with van der Waals surface area (Å²) >= 11 is 6.03. The molecule has 0 unspecified atom stereocenters. The topological polar surface area (TPSA) is 88.6 Å². The van der Waals surface area contributed by atoms with Crippen LogP contribution in [-0.2, 0) is 6.54 Å². The van der Waals surface area contributed by atoms with E-state index in [9.17, 15) is 14.9 Å². The zero-order valence-electron chi connectivity index (χ0n) is 16.0. The number of nitrogens with one attached hydrogen (secondary N) is 1. The summed E-state index contributed by atoms with van der Waals surface area (Å²) in [6.45, 7) is 7.29. The first-order chi connectivity index (χ1) is 13.3. The van der Waals surface area contributed by atoms with E-state index in [1.807, 2.05) is 13.8 Å². The molecule has 1 saturated heterocycles. The van der Waals surface area contributed by atoms with Crippen molar-refractivity contribution in [3.63, 3.8) is 0 Å². The Bertz CT molecular complexity index is 872. The quantitative estimate of drug-likeness (QED) is 0.577. The lowest BCUT2D eigenvalue weighted by Gasteiger charge is -2.31. The number of hydrogen-bond donors (Lipinski definition) is 1. The van der Waals surface area contributed by atoms with Crippen molar-refractivity contribution < 1.29 is 14.1 Å². The van der Waals surface area contributed by atoms with E-state index in [2.05, 4.69) is 16.3 Å². The van der Waals surface area contributed by atoms with Gasteiger partial charge in [-0.1, -0.05) is 11.6 Å². The maximum atomic E-state index is 12.4. The number of carbonyl (C=O) groups excluding carboxylic acids is 1. The van der Waals surface area contributed by atoms with Gasteiger partial charge in [-0.15, -0.1) is 0 Å². The molecule has 0 radical (unpaired) electrons. The third-order valence-corrected chi connectivity index (χ3v) is 5.53. The van der Waals surface area contributed by atoms with E-state index in [-0.39, 0.29) is 22.2 Å². The van der Waals surface area contributed by atoms with Crippen LogP contribution in [0.3, 0.4) is 0 Å². The van der Waals surface area contributed by atoms with Crippen LogP contribution in [-0.4, -0.2) is 35.4 Å². The molecule has 8 heteroatoms. The monoisotopic (exact) mass is 405 g/mol. The van der Waals surface area contributed by atoms with Crippen LogP contribution >= 0.6 is 11.6 Å². The molecular formula is C20H24ClN3O4. The predicted octanol–water partition coefficient (Wildman–Crippen LogP) is 4.10. The molecule has 1 amide bonds. The summed E-state index contributed by atoms with van der Waals surface area (Å²) in [6, 6.07) is 5.98. The number of halogens is 1. The molecule has 1 aromatic carbocycles. The number of nitro benzene ring substituents is 1. The standard InChI is InChI=1S/C20H24ClN3O4/c1-13-9-16(14(2)28-13)12-23-7-5-15(6-8-23)11-22-20(25)18-10-17(24(26)27)3-4-19(18)21/h3-4,9-10,15H,5-8,11-12H2,1-2H3,(H,22,25). The Hall–Kier alpha value is -2.38. The highest BCUT2D eigenvalue weighted by Crippen LogP contribution is 2.23. The van der Waals surface area contributed by atoms with Crippen molar-refractivity contribution in [2.45, 2.75) is 33.2 Å². The zero-order valence-corrected chi connectivity index (χ0v) is 16.8. The fourth-order valence-electron chi connectivity index (χ4n) is 3.56. The number of nitro groups is 1. The van der Waals surface area contributed by atoms with Gasteiger partial charge < -0.3 is 9.73 Å². The number of rotatable bonds is 6. The van der Waals surface area contributed by atoms with Gasteiger partial charge >= 0.3 is 0 Å². The van der Waals surface area contributed by atoms with Gasteiger partial charge in [0.05, 0.1) is 15.5 Å². The summed E-state index contributed by atoms with van der Waals surface area (Å²) in [6.07, 6.45) is 1.97. The average molecular weight is 406 g/mol. The molecule has 2 aromatic rings. The van der Waals surface area contributed by atoms with E-state index in [1.165, 1.54) is 23.8 Å². The number of aryl methyl sites for hydroxylation is 2. The van der Waals surface area contributed by atoms with Gasteiger partial charge in [0.15, 0.2) is 0 Å². The van der Waals surface area contributed by atoms with E-state index < -0.39 is 4.92 Å². The van der Waals surface area contributed by atoms with Gasteiger partial charge in [0.1, 0.15) is 11.5 Å². The largest absolute Gasteiger partial charge is 0.466 e. The molecule has 3 rings (SSSR count). The van der Waals surface area contributed by atoms with Crippen LogP contribution in [0.1, 0.15) is 40.3 Å². The Labute approximate surface area is 168 Å². The second-order valence-corrected chi connectivity index (χ2v) is 7.70. The van der Waals surface area contributed by atoms with E-state index in [0.29, 0.717) is 12.5 Å². The number of nitrogens with zero attached hydrogens (tertiary/aromatic N) is 2. The van der Waals surface area contributed by atoms with Crippen LogP contribution in [0.5, 0.6) is 0 Å². The van der Waals surface area contributed by atoms with Gasteiger partial charge in [-0.2, -0.15) is 0 Å². The number of amides is 1. The second kappa shape index (κ2) is 8.75. The molecule has 1 N–H and O–H groups in total. The van der Waals surface area contributed by atoms with E-state index >= 15 is 0 Å². The molecule has 0 saturated carbocycles. The summed E-state index contributed by atoms with van der Waals surface area (Å²) < 4.78 is 5.59. The first kappa shape index (κ1) is 20.4. The van der Waals surface area contributed by atoms with E-state index in [0.717, 1.165) is 44.0 Å². The van der Waals surface area contributed by atoms with Crippen molar-refractivity contribution >= 4 is 23.2 Å². The van der Waals surface area contributed by atoms with Crippen molar-refractivity contribution in [2.75, 3.05) is 19.6 Å². The van der Waals surface area contributed by atoms with Crippen LogP contribution in [0.4, 0.5) is 5.69 Å². The summed E-state index contributed by atoms with van der Waals surface area (Å²) in [5.74, 6) is 1.91. The maximum Gasteiger partial charge on any atom is 0.270 e. The molecule has 1 aliphatic heterocycles. The SMILES string of the molecule is Cc1cc(CN2CCC(CNC(=O)c3cc([N+](=O)[O-])ccc3Cl)CC2)c(C)o1. The van der Waals surface area contributed by atoms with Crippen LogP contribution in [0.25, 0.3) is 0 Å². The number of carbonyl (C=O) groups is 1. The summed E-state index contributed by atoms with van der Waals surface area (Å²) in [4.78, 5) is 25.1. The fraction of sp³-hybridized carbons (Fsp3) is 0.450. The molecule has 7 nitrogen and oxygen atoms in total. The predicted molar refractivity (Wildman–Crippen MR) is 107 cm³/mol. The Morgan fingerprint density at radius 1 is 1.32 bits per heavy atom. The molecule has 0 bridgehead atoms. The van der Waals surface area contributed by atoms with Gasteiger partial charge in [0.25, 0.3) is 11.6 Å². The van der Waals surface area contributed by atoms with Crippen molar-refractivity contribution in [1.29, 1.82) is 0 Å². The van der Waals surface area contributed by atoms with Crippen molar-refractivity contribution in [3.05, 3.63) is 62.0 Å². The third-order valence-electron chi connectivity index (χ3n) is 5.20. The van der Waals surface area contributed by atoms with Crippen LogP contribution in [0, 0.1) is 29.9 Å². The Kier molecular flexibility index (Phi) is 6.36. The van der Waals surface area contributed by atoms with Crippen LogP contribution in [0.2, 0.25) is 5.02 Å². The lowest BCUT2D eigenvalue weighted by atomic mass is 9.96. The Balaban J connectivity index is 1.49. The summed E-state index contributed by atoms with van der Waals surface area (Å²) in [5, 5.41) is 14.0. The highest BCUT2D eigenvalue weighted by atomic mass is 35.5. The van der Waals surface area contributed by atoms with Crippen molar-refractivity contribution in [1.82, 2.24) is 10.2 Å². The molecule has 28 heavy (non-hydrogen) atoms. The van der Waals surface area contributed by atoms with Crippen LogP contribution in [0.15, 0.2) is 28.7 Å². The minimum absolute atomic E-state index is 0.138. The van der Waals surface area contributed by atoms with Gasteiger partial charge in [0, 0.05) is 30.8 Å². The molecule has 2 heterocycles. The molecule has 1 fully saturated rings. The number of non-ortho nitro benzene ring substituents is 1. The number of hydrogen-bond acceptors (Lipinski definition) is 5. The molecule has 1 aliphatic rings. The Morgan fingerprint density at radius 2 is 2.04 bits per heavy atom. The van der Waals surface area contributed by atoms with Gasteiger partial charge in [0.2, 0.25) is 0 Å². The van der Waals surface area contributed by atoms with Gasteiger partial charge in [-0.3, -0.25) is 19.8 Å². The molecular weight excluding hydrogens is 382 g/mol. The number of furan rings is 1. The fourth-order valence-corrected chi connectivity index (χ4v) is 3.77. The minimum Gasteiger partial charge on any atom is -0.466 e. The molecule has 0 spiro atoms. The summed E-state index contributed by atoms with van der Waals surface area (Å²) in [5.41, 5.74) is 1.22. The summed E-state index contributed by atoms with van der Waals surface area (Å²) in [7, 11) is 0. The molecule has 0 aliphatic carbocycles. The first-order valence-corrected chi connectivity index (χ1v) is 9.71. The smallest absolute Gasteiger partial charge is 0.270 e. The zero-order chi connectivity index (χ0) is 20.3. The molecule has 0 atom stereocenters. The molecule has 1 aromatic heterocycles. The Morgan fingerprint density at radius 3 is 2.64 bits per heavy atom. The lowest BCUT2D eigenvalue weighted by molar-refractivity contribution is -0.384. The average Bonchev–Trinajstić information content (AvgIpc) is 2.98. The van der Waals surface area contributed by atoms with Crippen molar-refractivity contribution in [3.8, 4) is 0 Å². The number of likely N-dealkylation sites (tertiary alicyclic amines) is 1. The normalized spacial score (nSPS) is 15.5.